The van der Waals surface area contributed by atoms with Gasteiger partial charge in [0.15, 0.2) is 0 Å². The molecule has 2 aliphatic rings. The van der Waals surface area contributed by atoms with E-state index in [0.29, 0.717) is 6.61 Å². The predicted molar refractivity (Wildman–Crippen MR) is 101 cm³/mol. The van der Waals surface area contributed by atoms with Crippen LogP contribution in [0, 0.1) is 6.92 Å². The molecule has 0 saturated carbocycles. The molecule has 2 aliphatic heterocycles. The van der Waals surface area contributed by atoms with Crippen LogP contribution in [0.1, 0.15) is 34.3 Å². The highest BCUT2D eigenvalue weighted by Crippen LogP contribution is 2.25. The second-order valence-corrected chi connectivity index (χ2v) is 8.60. The number of aryl methyl sites for hydroxylation is 1. The highest BCUT2D eigenvalue weighted by Gasteiger charge is 2.26. The number of thiophene rings is 1. The summed E-state index contributed by atoms with van der Waals surface area (Å²) in [6, 6.07) is 4.60. The lowest BCUT2D eigenvalue weighted by Gasteiger charge is -2.34. The van der Waals surface area contributed by atoms with Gasteiger partial charge in [-0.05, 0) is 31.9 Å². The van der Waals surface area contributed by atoms with Gasteiger partial charge in [0.05, 0.1) is 24.7 Å². The first-order valence-electron chi connectivity index (χ1n) is 9.33. The van der Waals surface area contributed by atoms with Gasteiger partial charge >= 0.3 is 0 Å². The molecule has 0 bridgehead atoms. The first-order valence-corrected chi connectivity index (χ1v) is 10.1. The van der Waals surface area contributed by atoms with Crippen molar-refractivity contribution in [2.45, 2.75) is 38.9 Å². The molecule has 1 atom stereocenters. The molecule has 26 heavy (non-hydrogen) atoms. The van der Waals surface area contributed by atoms with Crippen LogP contribution in [0.15, 0.2) is 24.7 Å². The fraction of sp³-hybridized carbons (Fsp3) is 0.579. The fourth-order valence-corrected chi connectivity index (χ4v) is 4.78. The number of hydrogen-bond acceptors (Lipinski definition) is 5. The van der Waals surface area contributed by atoms with E-state index < -0.39 is 0 Å². The fourth-order valence-electron chi connectivity index (χ4n) is 3.85. The van der Waals surface area contributed by atoms with Crippen molar-refractivity contribution in [3.05, 3.63) is 40.1 Å². The van der Waals surface area contributed by atoms with Crippen LogP contribution in [0.5, 0.6) is 0 Å². The number of hydrogen-bond donors (Lipinski definition) is 0. The molecule has 1 saturated heterocycles. The maximum Gasteiger partial charge on any atom is 0.248 e. The monoisotopic (exact) mass is 374 g/mol. The van der Waals surface area contributed by atoms with Gasteiger partial charge in [-0.2, -0.15) is 0 Å². The van der Waals surface area contributed by atoms with Gasteiger partial charge in [-0.25, -0.2) is 4.98 Å². The van der Waals surface area contributed by atoms with Crippen molar-refractivity contribution < 1.29 is 9.53 Å². The smallest absolute Gasteiger partial charge is 0.248 e. The summed E-state index contributed by atoms with van der Waals surface area (Å²) < 4.78 is 8.02. The van der Waals surface area contributed by atoms with Crippen molar-refractivity contribution in [3.63, 3.8) is 0 Å². The molecule has 0 aliphatic carbocycles. The van der Waals surface area contributed by atoms with Gasteiger partial charge in [-0.15, -0.1) is 11.3 Å². The molecule has 140 valence electrons. The van der Waals surface area contributed by atoms with E-state index in [4.69, 9.17) is 4.74 Å². The molecule has 4 rings (SSSR count). The summed E-state index contributed by atoms with van der Waals surface area (Å²) in [5.41, 5.74) is 1.21. The zero-order valence-electron chi connectivity index (χ0n) is 15.3. The van der Waals surface area contributed by atoms with Crippen LogP contribution in [-0.2, 0) is 22.6 Å². The first kappa shape index (κ1) is 17.7. The van der Waals surface area contributed by atoms with Gasteiger partial charge in [0.25, 0.3) is 0 Å². The van der Waals surface area contributed by atoms with Crippen LogP contribution in [0.4, 0.5) is 0 Å². The quantitative estimate of drug-likeness (QED) is 0.779. The highest BCUT2D eigenvalue weighted by molar-refractivity contribution is 7.11. The van der Waals surface area contributed by atoms with E-state index in [1.807, 2.05) is 28.8 Å². The second kappa shape index (κ2) is 7.90. The first-order chi connectivity index (χ1) is 12.7. The third-order valence-electron chi connectivity index (χ3n) is 5.16. The number of imidazole rings is 1. The lowest BCUT2D eigenvalue weighted by atomic mass is 10.2. The Bertz CT molecular complexity index is 750. The van der Waals surface area contributed by atoms with Crippen LogP contribution in [0.25, 0.3) is 0 Å². The van der Waals surface area contributed by atoms with Crippen molar-refractivity contribution in [1.29, 1.82) is 0 Å². The molecule has 0 spiro atoms. The Morgan fingerprint density at radius 3 is 2.96 bits per heavy atom. The Labute approximate surface area is 158 Å². The lowest BCUT2D eigenvalue weighted by Crippen LogP contribution is -2.39. The standard InChI is InChI=1S/C19H26N4O2S/c1-15-4-5-18(26-15)11-21-9-16-8-20-14-23(16)17(10-21)12-25-13-19(24)22-6-2-3-7-22/h4-5,8,14,17H,2-3,6-7,9-13H2,1H3. The molecule has 4 heterocycles. The minimum atomic E-state index is 0.120. The molecule has 2 aromatic heterocycles. The van der Waals surface area contributed by atoms with Crippen molar-refractivity contribution in [2.24, 2.45) is 0 Å². The number of ether oxygens (including phenoxy) is 1. The summed E-state index contributed by atoms with van der Waals surface area (Å²) >= 11 is 1.86. The Hall–Kier alpha value is -1.70. The Kier molecular flexibility index (Phi) is 5.38. The van der Waals surface area contributed by atoms with Gasteiger partial charge < -0.3 is 14.2 Å². The number of carbonyl (C=O) groups excluding carboxylic acids is 1. The highest BCUT2D eigenvalue weighted by atomic mass is 32.1. The molecule has 0 aromatic carbocycles. The molecule has 1 unspecified atom stereocenters. The zero-order valence-corrected chi connectivity index (χ0v) is 16.1. The van der Waals surface area contributed by atoms with Crippen molar-refractivity contribution >= 4 is 17.2 Å². The Morgan fingerprint density at radius 2 is 2.19 bits per heavy atom. The largest absolute Gasteiger partial charge is 0.369 e. The average molecular weight is 375 g/mol. The van der Waals surface area contributed by atoms with Crippen LogP contribution >= 0.6 is 11.3 Å². The van der Waals surface area contributed by atoms with Crippen molar-refractivity contribution in [3.8, 4) is 0 Å². The van der Waals surface area contributed by atoms with E-state index in [1.165, 1.54) is 15.4 Å². The maximum absolute atomic E-state index is 12.2. The number of carbonyl (C=O) groups is 1. The van der Waals surface area contributed by atoms with Gasteiger partial charge in [0.1, 0.15) is 6.61 Å². The lowest BCUT2D eigenvalue weighted by molar-refractivity contribution is -0.135. The van der Waals surface area contributed by atoms with Gasteiger partial charge in [-0.1, -0.05) is 0 Å². The Balaban J connectivity index is 1.34. The van der Waals surface area contributed by atoms with Crippen LogP contribution < -0.4 is 0 Å². The van der Waals surface area contributed by atoms with Gasteiger partial charge in [-0.3, -0.25) is 9.69 Å². The van der Waals surface area contributed by atoms with Gasteiger partial charge in [0, 0.05) is 48.7 Å². The number of rotatable bonds is 6. The van der Waals surface area contributed by atoms with E-state index in [1.54, 1.807) is 0 Å². The molecule has 0 N–H and O–H groups in total. The molecule has 1 fully saturated rings. The van der Waals surface area contributed by atoms with Crippen molar-refractivity contribution in [1.82, 2.24) is 19.4 Å². The summed E-state index contributed by atoms with van der Waals surface area (Å²) in [4.78, 5) is 23.6. The SMILES string of the molecule is Cc1ccc(CN2Cc3cncn3C(COCC(=O)N3CCCC3)C2)s1. The van der Waals surface area contributed by atoms with Gasteiger partial charge in [0.2, 0.25) is 5.91 Å². The predicted octanol–water partition coefficient (Wildman–Crippen LogP) is 2.45. The molecular weight excluding hydrogens is 348 g/mol. The third kappa shape index (κ3) is 4.00. The average Bonchev–Trinajstić information content (AvgIpc) is 3.36. The zero-order chi connectivity index (χ0) is 17.9. The third-order valence-corrected chi connectivity index (χ3v) is 6.15. The maximum atomic E-state index is 12.2. The minimum Gasteiger partial charge on any atom is -0.369 e. The van der Waals surface area contributed by atoms with Crippen LogP contribution in [0.3, 0.4) is 0 Å². The van der Waals surface area contributed by atoms with Crippen LogP contribution in [-0.4, -0.2) is 58.1 Å². The van der Waals surface area contributed by atoms with E-state index in [-0.39, 0.29) is 18.6 Å². The summed E-state index contributed by atoms with van der Waals surface area (Å²) in [5.74, 6) is 0.120. The van der Waals surface area contributed by atoms with E-state index in [0.717, 1.165) is 45.6 Å². The molecule has 6 nitrogen and oxygen atoms in total. The summed E-state index contributed by atoms with van der Waals surface area (Å²) in [5, 5.41) is 0. The number of aromatic nitrogens is 2. The molecular formula is C19H26N4O2S. The summed E-state index contributed by atoms with van der Waals surface area (Å²) in [6.07, 6.45) is 6.06. The number of likely N-dealkylation sites (tertiary alicyclic amines) is 1. The number of amides is 1. The molecule has 1 amide bonds. The second-order valence-electron chi connectivity index (χ2n) is 7.23. The van der Waals surface area contributed by atoms with E-state index >= 15 is 0 Å². The number of nitrogens with zero attached hydrogens (tertiary/aromatic N) is 4. The van der Waals surface area contributed by atoms with E-state index in [9.17, 15) is 4.79 Å². The Morgan fingerprint density at radius 1 is 1.35 bits per heavy atom. The topological polar surface area (TPSA) is 50.6 Å². The van der Waals surface area contributed by atoms with E-state index in [2.05, 4.69) is 33.5 Å². The summed E-state index contributed by atoms with van der Waals surface area (Å²) in [7, 11) is 0. The van der Waals surface area contributed by atoms with Crippen LogP contribution in [0.2, 0.25) is 0 Å². The van der Waals surface area contributed by atoms with Crippen molar-refractivity contribution in [2.75, 3.05) is 32.8 Å². The molecule has 7 heteroatoms. The molecule has 2 aromatic rings. The summed E-state index contributed by atoms with van der Waals surface area (Å²) in [6.45, 7) is 7.41. The normalized spacial score (nSPS) is 20.5. The minimum absolute atomic E-state index is 0.120. The number of fused-ring (bicyclic) bond motifs is 1. The molecule has 0 radical (unpaired) electrons.